The Morgan fingerprint density at radius 1 is 1.52 bits per heavy atom. The predicted octanol–water partition coefficient (Wildman–Crippen LogP) is 0.729. The number of carbonyl (C=O) groups is 1. The number of rotatable bonds is 6. The van der Waals surface area contributed by atoms with E-state index in [0.29, 0.717) is 18.9 Å². The largest absolute Gasteiger partial charge is 0.492 e. The summed E-state index contributed by atoms with van der Waals surface area (Å²) >= 11 is 0. The lowest BCUT2D eigenvalue weighted by atomic mass is 10.1. The molecule has 21 heavy (non-hydrogen) atoms. The molecular formula is C15H19N4O2. The van der Waals surface area contributed by atoms with Crippen LogP contribution in [0.25, 0.3) is 11.1 Å². The van der Waals surface area contributed by atoms with Crippen molar-refractivity contribution < 1.29 is 9.53 Å². The number of nitrogens with one attached hydrogen (secondary N) is 1. The molecule has 2 aromatic rings. The number of aryl methyl sites for hydroxylation is 1. The van der Waals surface area contributed by atoms with E-state index in [1.807, 2.05) is 25.4 Å². The van der Waals surface area contributed by atoms with E-state index >= 15 is 0 Å². The zero-order valence-electron chi connectivity index (χ0n) is 12.2. The minimum atomic E-state index is -0.507. The fourth-order valence-electron chi connectivity index (χ4n) is 1.77. The number of nitrogens with two attached hydrogens (primary N) is 1. The van der Waals surface area contributed by atoms with Crippen LogP contribution in [0.5, 0.6) is 5.75 Å². The number of ether oxygens (including phenoxy) is 1. The number of aromatic nitrogens is 2. The van der Waals surface area contributed by atoms with Crippen molar-refractivity contribution in [2.45, 2.75) is 13.0 Å². The molecule has 1 radical (unpaired) electrons. The van der Waals surface area contributed by atoms with Crippen LogP contribution in [-0.4, -0.2) is 34.9 Å². The Bertz CT molecular complexity index is 607. The van der Waals surface area contributed by atoms with Crippen molar-refractivity contribution in [1.29, 1.82) is 0 Å². The molecule has 6 nitrogen and oxygen atoms in total. The molecule has 1 amide bonds. The van der Waals surface area contributed by atoms with Crippen molar-refractivity contribution >= 4 is 5.91 Å². The molecule has 1 heterocycles. The number of hydrogen-bond donors (Lipinski definition) is 2. The van der Waals surface area contributed by atoms with E-state index in [1.54, 1.807) is 23.9 Å². The van der Waals surface area contributed by atoms with Crippen molar-refractivity contribution in [3.05, 3.63) is 36.7 Å². The number of hydrogen-bond acceptors (Lipinski definition) is 4. The molecule has 0 spiro atoms. The van der Waals surface area contributed by atoms with E-state index in [9.17, 15) is 4.79 Å². The molecule has 0 aliphatic rings. The molecule has 0 saturated carbocycles. The quantitative estimate of drug-likeness (QED) is 0.767. The maximum Gasteiger partial charge on any atom is 0.236 e. The van der Waals surface area contributed by atoms with Crippen LogP contribution < -0.4 is 15.8 Å². The van der Waals surface area contributed by atoms with E-state index in [0.717, 1.165) is 11.1 Å². The average molecular weight is 287 g/mol. The summed E-state index contributed by atoms with van der Waals surface area (Å²) in [7, 11) is 1.87. The van der Waals surface area contributed by atoms with Gasteiger partial charge in [-0.1, -0.05) is 0 Å². The first-order chi connectivity index (χ1) is 10.1. The summed E-state index contributed by atoms with van der Waals surface area (Å²) in [6.45, 7) is 2.43. The Kier molecular flexibility index (Phi) is 4.94. The van der Waals surface area contributed by atoms with Gasteiger partial charge in [0.1, 0.15) is 12.4 Å². The lowest BCUT2D eigenvalue weighted by Crippen LogP contribution is -2.40. The van der Waals surface area contributed by atoms with Crippen molar-refractivity contribution in [2.75, 3.05) is 13.2 Å². The van der Waals surface area contributed by atoms with Crippen LogP contribution >= 0.6 is 0 Å². The van der Waals surface area contributed by atoms with Gasteiger partial charge in [-0.2, -0.15) is 5.10 Å². The third-order valence-corrected chi connectivity index (χ3v) is 2.88. The topological polar surface area (TPSA) is 82.2 Å². The first-order valence-corrected chi connectivity index (χ1v) is 6.72. The molecule has 2 rings (SSSR count). The lowest BCUT2D eigenvalue weighted by molar-refractivity contribution is -0.122. The van der Waals surface area contributed by atoms with Crippen LogP contribution in [0, 0.1) is 6.07 Å². The first kappa shape index (κ1) is 15.1. The summed E-state index contributed by atoms with van der Waals surface area (Å²) in [5.41, 5.74) is 7.44. The molecule has 0 fully saturated rings. The Labute approximate surface area is 123 Å². The number of nitrogens with zero attached hydrogens (tertiary/aromatic N) is 2. The van der Waals surface area contributed by atoms with Crippen molar-refractivity contribution in [3.8, 4) is 16.9 Å². The summed E-state index contributed by atoms with van der Waals surface area (Å²) in [4.78, 5) is 11.3. The van der Waals surface area contributed by atoms with E-state index in [4.69, 9.17) is 10.5 Å². The van der Waals surface area contributed by atoms with E-state index in [2.05, 4.69) is 16.5 Å². The van der Waals surface area contributed by atoms with Crippen LogP contribution in [0.2, 0.25) is 0 Å². The molecule has 3 N–H and O–H groups in total. The molecule has 1 atom stereocenters. The fraction of sp³-hybridized carbons (Fsp3) is 0.333. The Hall–Kier alpha value is -2.34. The van der Waals surface area contributed by atoms with Gasteiger partial charge in [-0.15, -0.1) is 0 Å². The second-order valence-electron chi connectivity index (χ2n) is 4.79. The minimum Gasteiger partial charge on any atom is -0.492 e. The second-order valence-corrected chi connectivity index (χ2v) is 4.79. The highest BCUT2D eigenvalue weighted by Gasteiger charge is 2.06. The van der Waals surface area contributed by atoms with Gasteiger partial charge in [-0.25, -0.2) is 0 Å². The van der Waals surface area contributed by atoms with Crippen LogP contribution in [-0.2, 0) is 11.8 Å². The van der Waals surface area contributed by atoms with Gasteiger partial charge in [0, 0.05) is 18.8 Å². The Balaban J connectivity index is 1.88. The normalized spacial score (nSPS) is 12.0. The third-order valence-electron chi connectivity index (χ3n) is 2.88. The molecule has 1 aromatic heterocycles. The highest BCUT2D eigenvalue weighted by molar-refractivity contribution is 5.80. The van der Waals surface area contributed by atoms with E-state index in [-0.39, 0.29) is 5.91 Å². The number of carbonyl (C=O) groups excluding carboxylic acids is 1. The van der Waals surface area contributed by atoms with Gasteiger partial charge in [0.2, 0.25) is 5.91 Å². The molecule has 6 heteroatoms. The molecular weight excluding hydrogens is 268 g/mol. The van der Waals surface area contributed by atoms with Gasteiger partial charge >= 0.3 is 0 Å². The predicted molar refractivity (Wildman–Crippen MR) is 79.6 cm³/mol. The van der Waals surface area contributed by atoms with Gasteiger partial charge in [0.05, 0.1) is 18.8 Å². The second kappa shape index (κ2) is 6.90. The van der Waals surface area contributed by atoms with Crippen molar-refractivity contribution in [2.24, 2.45) is 12.8 Å². The Morgan fingerprint density at radius 2 is 2.33 bits per heavy atom. The molecule has 1 aromatic carbocycles. The van der Waals surface area contributed by atoms with Crippen LogP contribution in [0.4, 0.5) is 0 Å². The van der Waals surface area contributed by atoms with E-state index in [1.165, 1.54) is 0 Å². The first-order valence-electron chi connectivity index (χ1n) is 6.72. The summed E-state index contributed by atoms with van der Waals surface area (Å²) in [6, 6.07) is 8.08. The Morgan fingerprint density at radius 3 is 3.00 bits per heavy atom. The zero-order valence-corrected chi connectivity index (χ0v) is 12.2. The van der Waals surface area contributed by atoms with Crippen LogP contribution in [0.15, 0.2) is 30.6 Å². The minimum absolute atomic E-state index is 0.186. The lowest BCUT2D eigenvalue weighted by Gasteiger charge is -2.09. The van der Waals surface area contributed by atoms with Crippen molar-refractivity contribution in [1.82, 2.24) is 15.1 Å². The molecule has 0 unspecified atom stereocenters. The molecule has 0 aliphatic heterocycles. The average Bonchev–Trinajstić information content (AvgIpc) is 2.90. The molecule has 0 saturated heterocycles. The maximum absolute atomic E-state index is 11.3. The highest BCUT2D eigenvalue weighted by atomic mass is 16.5. The highest BCUT2D eigenvalue weighted by Crippen LogP contribution is 2.22. The van der Waals surface area contributed by atoms with Gasteiger partial charge in [-0.05, 0) is 36.8 Å². The summed E-state index contributed by atoms with van der Waals surface area (Å²) in [6.07, 6.45) is 3.71. The summed E-state index contributed by atoms with van der Waals surface area (Å²) in [5.74, 6) is 0.515. The maximum atomic E-state index is 11.3. The molecule has 0 aliphatic carbocycles. The standard InChI is InChI=1S/C15H19N4O2/c1-11(16)15(20)17-6-7-21-14-5-3-4-12(8-14)13-9-18-19(2)10-13/h4-5,8-11H,6-7,16H2,1-2H3,(H,17,20)/t11-/m0/s1. The SMILES string of the molecule is C[C@H](N)C(=O)NCCOc1c[c]cc(-c2cnn(C)c2)c1. The third kappa shape index (κ3) is 4.32. The van der Waals surface area contributed by atoms with Crippen LogP contribution in [0.1, 0.15) is 6.92 Å². The van der Waals surface area contributed by atoms with Gasteiger partial charge in [0.25, 0.3) is 0 Å². The van der Waals surface area contributed by atoms with Gasteiger partial charge in [-0.3, -0.25) is 9.48 Å². The summed E-state index contributed by atoms with van der Waals surface area (Å²) in [5, 5.41) is 6.83. The van der Waals surface area contributed by atoms with Crippen LogP contribution in [0.3, 0.4) is 0 Å². The van der Waals surface area contributed by atoms with Gasteiger partial charge in [0.15, 0.2) is 0 Å². The van der Waals surface area contributed by atoms with Gasteiger partial charge < -0.3 is 15.8 Å². The molecule has 0 bridgehead atoms. The number of benzene rings is 1. The number of amides is 1. The zero-order chi connectivity index (χ0) is 15.2. The van der Waals surface area contributed by atoms with Crippen molar-refractivity contribution in [3.63, 3.8) is 0 Å². The monoisotopic (exact) mass is 287 g/mol. The molecule has 111 valence electrons. The summed E-state index contributed by atoms with van der Waals surface area (Å²) < 4.78 is 7.33. The fourth-order valence-corrected chi connectivity index (χ4v) is 1.77. The van der Waals surface area contributed by atoms with E-state index < -0.39 is 6.04 Å². The smallest absolute Gasteiger partial charge is 0.236 e.